The minimum atomic E-state index is 0.701. The quantitative estimate of drug-likeness (QED) is 0.513. The predicted molar refractivity (Wildman–Crippen MR) is 139 cm³/mol. The Labute approximate surface area is 202 Å². The summed E-state index contributed by atoms with van der Waals surface area (Å²) in [4.78, 5) is 14.7. The molecule has 2 aliphatic heterocycles. The summed E-state index contributed by atoms with van der Waals surface area (Å²) in [5.74, 6) is 4.00. The van der Waals surface area contributed by atoms with E-state index in [1.165, 1.54) is 51.7 Å². The molecule has 0 amide bonds. The number of hydrogen-bond donors (Lipinski definition) is 2. The molecule has 0 atom stereocenters. The Morgan fingerprint density at radius 1 is 0.941 bits per heavy atom. The minimum Gasteiger partial charge on any atom is -0.356 e. The molecule has 7 nitrogen and oxygen atoms in total. The molecule has 0 unspecified atom stereocenters. The molecule has 34 heavy (non-hydrogen) atoms. The van der Waals surface area contributed by atoms with Crippen LogP contribution in [0.25, 0.3) is 12.2 Å². The Balaban J connectivity index is 1.31. The van der Waals surface area contributed by atoms with E-state index in [9.17, 15) is 0 Å². The van der Waals surface area contributed by atoms with Crippen molar-refractivity contribution in [2.75, 3.05) is 42.9 Å². The van der Waals surface area contributed by atoms with Crippen molar-refractivity contribution in [2.24, 2.45) is 5.92 Å². The van der Waals surface area contributed by atoms with Crippen LogP contribution in [0.5, 0.6) is 0 Å². The molecule has 2 fully saturated rings. The molecule has 3 aromatic rings. The molecule has 2 saturated heterocycles. The molecule has 5 rings (SSSR count). The number of H-pyrrole nitrogens is 1. The lowest BCUT2D eigenvalue weighted by Crippen LogP contribution is -2.40. The van der Waals surface area contributed by atoms with Crippen LogP contribution >= 0.6 is 0 Å². The lowest BCUT2D eigenvalue weighted by Gasteiger charge is -2.36. The van der Waals surface area contributed by atoms with Crippen LogP contribution in [0.4, 0.5) is 17.5 Å². The van der Waals surface area contributed by atoms with E-state index in [-0.39, 0.29) is 0 Å². The van der Waals surface area contributed by atoms with Crippen molar-refractivity contribution in [2.45, 2.75) is 39.0 Å². The van der Waals surface area contributed by atoms with Crippen LogP contribution in [0.1, 0.15) is 49.2 Å². The molecule has 2 N–H and O–H groups in total. The molecule has 0 radical (unpaired) electrons. The fourth-order valence-electron chi connectivity index (χ4n) is 4.95. The van der Waals surface area contributed by atoms with Crippen molar-refractivity contribution in [3.05, 3.63) is 59.5 Å². The first kappa shape index (κ1) is 22.6. The van der Waals surface area contributed by atoms with Crippen molar-refractivity contribution in [3.63, 3.8) is 0 Å². The van der Waals surface area contributed by atoms with Crippen LogP contribution in [-0.2, 0) is 0 Å². The zero-order valence-electron chi connectivity index (χ0n) is 20.1. The normalized spacial score (nSPS) is 18.0. The van der Waals surface area contributed by atoms with E-state index in [4.69, 9.17) is 9.97 Å². The molecular weight excluding hydrogens is 422 g/mol. The standard InChI is InChI=1S/C27H35N7/c1-21-18-26(32-31-21)29-25-19-27(30-24(28-25)11-10-22-8-4-2-5-9-22)34-16-12-23(13-17-34)20-33-14-6-3-7-15-33/h2,4-5,8-11,18-19,23H,3,6-7,12-17,20H2,1H3,(H2,28,29,30,31,32)/b11-10+. The van der Waals surface area contributed by atoms with E-state index in [1.807, 2.05) is 37.3 Å². The lowest BCUT2D eigenvalue weighted by atomic mass is 9.95. The van der Waals surface area contributed by atoms with Gasteiger partial charge in [0.1, 0.15) is 11.6 Å². The lowest BCUT2D eigenvalue weighted by molar-refractivity contribution is 0.181. The maximum absolute atomic E-state index is 4.91. The maximum atomic E-state index is 4.91. The van der Waals surface area contributed by atoms with E-state index in [0.717, 1.165) is 47.7 Å². The Bertz CT molecular complexity index is 1080. The number of hydrogen-bond acceptors (Lipinski definition) is 6. The van der Waals surface area contributed by atoms with Gasteiger partial charge in [-0.25, -0.2) is 9.97 Å². The third kappa shape index (κ3) is 6.03. The highest BCUT2D eigenvalue weighted by atomic mass is 15.2. The zero-order chi connectivity index (χ0) is 23.2. The van der Waals surface area contributed by atoms with Crippen LogP contribution in [0.3, 0.4) is 0 Å². The Morgan fingerprint density at radius 2 is 1.74 bits per heavy atom. The van der Waals surface area contributed by atoms with Gasteiger partial charge in [0.2, 0.25) is 0 Å². The van der Waals surface area contributed by atoms with Crippen molar-refractivity contribution in [1.29, 1.82) is 0 Å². The number of rotatable bonds is 7. The van der Waals surface area contributed by atoms with Gasteiger partial charge >= 0.3 is 0 Å². The van der Waals surface area contributed by atoms with Gasteiger partial charge in [-0.1, -0.05) is 42.8 Å². The summed E-state index contributed by atoms with van der Waals surface area (Å²) in [5.41, 5.74) is 2.14. The topological polar surface area (TPSA) is 73.0 Å². The van der Waals surface area contributed by atoms with E-state index in [2.05, 4.69) is 49.6 Å². The second-order valence-electron chi connectivity index (χ2n) is 9.57. The fraction of sp³-hybridized carbons (Fsp3) is 0.444. The third-order valence-electron chi connectivity index (χ3n) is 6.82. The summed E-state index contributed by atoms with van der Waals surface area (Å²) in [6, 6.07) is 14.3. The fourth-order valence-corrected chi connectivity index (χ4v) is 4.95. The first-order chi connectivity index (χ1) is 16.7. The maximum Gasteiger partial charge on any atom is 0.156 e. The van der Waals surface area contributed by atoms with Gasteiger partial charge < -0.3 is 15.1 Å². The van der Waals surface area contributed by atoms with Crippen molar-refractivity contribution in [1.82, 2.24) is 25.1 Å². The number of aryl methyl sites for hydroxylation is 1. The molecule has 1 aromatic carbocycles. The highest BCUT2D eigenvalue weighted by Gasteiger charge is 2.23. The SMILES string of the molecule is Cc1cc(Nc2cc(N3CCC(CN4CCCCC4)CC3)nc(/C=C/c3ccccc3)n2)n[nH]1. The molecular formula is C27H35N7. The molecule has 2 aliphatic rings. The average Bonchev–Trinajstić information content (AvgIpc) is 3.28. The Kier molecular flexibility index (Phi) is 7.19. The molecule has 0 aliphatic carbocycles. The minimum absolute atomic E-state index is 0.701. The zero-order valence-corrected chi connectivity index (χ0v) is 20.1. The summed E-state index contributed by atoms with van der Waals surface area (Å²) in [5, 5.41) is 10.6. The summed E-state index contributed by atoms with van der Waals surface area (Å²) in [6.45, 7) is 7.89. The van der Waals surface area contributed by atoms with Crippen LogP contribution < -0.4 is 10.2 Å². The van der Waals surface area contributed by atoms with Gasteiger partial charge in [-0.05, 0) is 63.3 Å². The van der Waals surface area contributed by atoms with Crippen LogP contribution in [0.15, 0.2) is 42.5 Å². The Morgan fingerprint density at radius 3 is 2.47 bits per heavy atom. The number of benzene rings is 1. The van der Waals surface area contributed by atoms with E-state index >= 15 is 0 Å². The highest BCUT2D eigenvalue weighted by molar-refractivity contribution is 5.69. The van der Waals surface area contributed by atoms with Gasteiger partial charge in [-0.2, -0.15) is 5.10 Å². The van der Waals surface area contributed by atoms with E-state index in [0.29, 0.717) is 5.82 Å². The van der Waals surface area contributed by atoms with Crippen molar-refractivity contribution in [3.8, 4) is 0 Å². The molecule has 178 valence electrons. The van der Waals surface area contributed by atoms with E-state index < -0.39 is 0 Å². The number of likely N-dealkylation sites (tertiary alicyclic amines) is 1. The Hall–Kier alpha value is -3.19. The highest BCUT2D eigenvalue weighted by Crippen LogP contribution is 2.26. The summed E-state index contributed by atoms with van der Waals surface area (Å²) in [7, 11) is 0. The van der Waals surface area contributed by atoms with Gasteiger partial charge in [0, 0.05) is 37.5 Å². The number of nitrogens with one attached hydrogen (secondary N) is 2. The second kappa shape index (κ2) is 10.8. The van der Waals surface area contributed by atoms with Crippen LogP contribution in [0.2, 0.25) is 0 Å². The van der Waals surface area contributed by atoms with Crippen LogP contribution in [0, 0.1) is 12.8 Å². The van der Waals surface area contributed by atoms with Gasteiger partial charge in [-0.15, -0.1) is 0 Å². The monoisotopic (exact) mass is 457 g/mol. The van der Waals surface area contributed by atoms with E-state index in [1.54, 1.807) is 0 Å². The van der Waals surface area contributed by atoms with Crippen molar-refractivity contribution < 1.29 is 0 Å². The largest absolute Gasteiger partial charge is 0.356 e. The predicted octanol–water partition coefficient (Wildman–Crippen LogP) is 5.12. The number of aromatic amines is 1. The molecule has 0 spiro atoms. The van der Waals surface area contributed by atoms with Gasteiger partial charge in [0.05, 0.1) is 0 Å². The molecule has 7 heteroatoms. The number of aromatic nitrogens is 4. The van der Waals surface area contributed by atoms with Crippen LogP contribution in [-0.4, -0.2) is 57.8 Å². The number of anilines is 3. The molecule has 2 aromatic heterocycles. The molecule has 0 bridgehead atoms. The van der Waals surface area contributed by atoms with Gasteiger partial charge in [0.15, 0.2) is 11.6 Å². The number of nitrogens with zero attached hydrogens (tertiary/aromatic N) is 5. The molecule has 0 saturated carbocycles. The smallest absolute Gasteiger partial charge is 0.156 e. The first-order valence-electron chi connectivity index (χ1n) is 12.6. The van der Waals surface area contributed by atoms with Gasteiger partial charge in [0.25, 0.3) is 0 Å². The summed E-state index contributed by atoms with van der Waals surface area (Å²) in [6.07, 6.45) is 10.6. The third-order valence-corrected chi connectivity index (χ3v) is 6.82. The van der Waals surface area contributed by atoms with Gasteiger partial charge in [-0.3, -0.25) is 5.10 Å². The summed E-state index contributed by atoms with van der Waals surface area (Å²) >= 11 is 0. The average molecular weight is 458 g/mol. The number of piperidine rings is 2. The second-order valence-corrected chi connectivity index (χ2v) is 9.57. The summed E-state index contributed by atoms with van der Waals surface area (Å²) < 4.78 is 0. The first-order valence-corrected chi connectivity index (χ1v) is 12.6. The van der Waals surface area contributed by atoms with Crippen molar-refractivity contribution >= 4 is 29.6 Å². The molecule has 4 heterocycles.